The predicted molar refractivity (Wildman–Crippen MR) is 85.7 cm³/mol. The van der Waals surface area contributed by atoms with Crippen molar-refractivity contribution in [3.05, 3.63) is 29.8 Å². The van der Waals surface area contributed by atoms with Crippen LogP contribution in [0.15, 0.2) is 29.2 Å². The molecule has 0 saturated heterocycles. The maximum Gasteiger partial charge on any atom is 0.0216 e. The van der Waals surface area contributed by atoms with Gasteiger partial charge in [0.25, 0.3) is 0 Å². The fraction of sp³-hybridized carbons (Fsp3) is 0.647. The zero-order chi connectivity index (χ0) is 13.5. The maximum atomic E-state index is 3.57. The van der Waals surface area contributed by atoms with E-state index in [-0.39, 0.29) is 0 Å². The third-order valence-corrected chi connectivity index (χ3v) is 5.14. The van der Waals surface area contributed by atoms with Crippen LogP contribution in [0.5, 0.6) is 0 Å². The minimum absolute atomic E-state index is 0.721. The molecule has 2 rings (SSSR count). The average Bonchev–Trinajstić information content (AvgIpc) is 2.41. The van der Waals surface area contributed by atoms with Crippen LogP contribution in [0.3, 0.4) is 0 Å². The summed E-state index contributed by atoms with van der Waals surface area (Å²) in [4.78, 5) is 1.49. The Hall–Kier alpha value is -0.470. The summed E-state index contributed by atoms with van der Waals surface area (Å²) in [6, 6.07) is 8.92. The van der Waals surface area contributed by atoms with Gasteiger partial charge >= 0.3 is 0 Å². The zero-order valence-electron chi connectivity index (χ0n) is 12.3. The molecule has 0 heterocycles. The third-order valence-electron chi connectivity index (χ3n) is 3.69. The second kappa shape index (κ2) is 7.96. The van der Waals surface area contributed by atoms with E-state index < -0.39 is 0 Å². The molecule has 0 spiro atoms. The molecular formula is C17H27NS. The molecule has 1 nitrogen and oxygen atoms in total. The number of benzene rings is 1. The van der Waals surface area contributed by atoms with E-state index in [4.69, 9.17) is 0 Å². The SMILES string of the molecule is CC(C)CNCc1ccccc1SC1CCCCC1. The number of thioether (sulfide) groups is 1. The summed E-state index contributed by atoms with van der Waals surface area (Å²) in [7, 11) is 0. The van der Waals surface area contributed by atoms with E-state index in [1.54, 1.807) is 0 Å². The van der Waals surface area contributed by atoms with Gasteiger partial charge in [-0.15, -0.1) is 11.8 Å². The first-order valence-electron chi connectivity index (χ1n) is 7.71. The lowest BCUT2D eigenvalue weighted by atomic mass is 10.0. The Morgan fingerprint density at radius 1 is 1.16 bits per heavy atom. The van der Waals surface area contributed by atoms with Gasteiger partial charge in [-0.3, -0.25) is 0 Å². The van der Waals surface area contributed by atoms with E-state index in [0.717, 1.165) is 24.3 Å². The Kier molecular flexibility index (Phi) is 6.25. The Bertz CT molecular complexity index is 369. The molecule has 19 heavy (non-hydrogen) atoms. The van der Waals surface area contributed by atoms with E-state index in [0.29, 0.717) is 0 Å². The first-order chi connectivity index (χ1) is 9.25. The van der Waals surface area contributed by atoms with Gasteiger partial charge in [0, 0.05) is 16.7 Å². The van der Waals surface area contributed by atoms with Crippen molar-refractivity contribution in [1.29, 1.82) is 0 Å². The first kappa shape index (κ1) is 14.9. The normalized spacial score (nSPS) is 17.0. The van der Waals surface area contributed by atoms with Crippen LogP contribution < -0.4 is 5.32 Å². The molecular weight excluding hydrogens is 250 g/mol. The van der Waals surface area contributed by atoms with E-state index in [1.165, 1.54) is 42.6 Å². The lowest BCUT2D eigenvalue weighted by Gasteiger charge is -2.22. The van der Waals surface area contributed by atoms with Gasteiger partial charge in [-0.1, -0.05) is 51.3 Å². The van der Waals surface area contributed by atoms with Crippen molar-refractivity contribution in [3.8, 4) is 0 Å². The van der Waals surface area contributed by atoms with E-state index in [9.17, 15) is 0 Å². The van der Waals surface area contributed by atoms with Gasteiger partial charge in [0.1, 0.15) is 0 Å². The Morgan fingerprint density at radius 3 is 2.63 bits per heavy atom. The summed E-state index contributed by atoms with van der Waals surface area (Å²) in [5, 5.41) is 4.41. The van der Waals surface area contributed by atoms with Crippen molar-refractivity contribution in [2.45, 2.75) is 62.6 Å². The number of rotatable bonds is 6. The molecule has 0 aliphatic heterocycles. The van der Waals surface area contributed by atoms with Crippen molar-refractivity contribution in [3.63, 3.8) is 0 Å². The number of hydrogen-bond acceptors (Lipinski definition) is 2. The largest absolute Gasteiger partial charge is 0.312 e. The van der Waals surface area contributed by atoms with Crippen LogP contribution in [-0.4, -0.2) is 11.8 Å². The predicted octanol–water partition coefficient (Wildman–Crippen LogP) is 4.86. The fourth-order valence-electron chi connectivity index (χ4n) is 2.62. The van der Waals surface area contributed by atoms with Crippen molar-refractivity contribution in [1.82, 2.24) is 5.32 Å². The average molecular weight is 277 g/mol. The molecule has 2 heteroatoms. The lowest BCUT2D eigenvalue weighted by Crippen LogP contribution is -2.19. The summed E-state index contributed by atoms with van der Waals surface area (Å²) in [5.74, 6) is 0.721. The highest BCUT2D eigenvalue weighted by molar-refractivity contribution is 8.00. The molecule has 1 N–H and O–H groups in total. The molecule has 0 atom stereocenters. The molecule has 1 aromatic rings. The van der Waals surface area contributed by atoms with E-state index >= 15 is 0 Å². The Labute approximate surface area is 122 Å². The van der Waals surface area contributed by atoms with Crippen LogP contribution in [0.1, 0.15) is 51.5 Å². The molecule has 0 amide bonds. The summed E-state index contributed by atoms with van der Waals surface area (Å²) < 4.78 is 0. The molecule has 0 unspecified atom stereocenters. The van der Waals surface area contributed by atoms with Gasteiger partial charge in [-0.2, -0.15) is 0 Å². The van der Waals surface area contributed by atoms with Crippen molar-refractivity contribution >= 4 is 11.8 Å². The molecule has 106 valence electrons. The molecule has 0 aromatic heterocycles. The minimum atomic E-state index is 0.721. The fourth-order valence-corrected chi connectivity index (χ4v) is 4.00. The zero-order valence-corrected chi connectivity index (χ0v) is 13.1. The lowest BCUT2D eigenvalue weighted by molar-refractivity contribution is 0.515. The highest BCUT2D eigenvalue weighted by Crippen LogP contribution is 2.35. The molecule has 0 radical (unpaired) electrons. The summed E-state index contributed by atoms with van der Waals surface area (Å²) in [6.07, 6.45) is 7.09. The highest BCUT2D eigenvalue weighted by atomic mass is 32.2. The standard InChI is InChI=1S/C17H27NS/c1-14(2)12-18-13-15-8-6-7-11-17(15)19-16-9-4-3-5-10-16/h6-8,11,14,16,18H,3-5,9-10,12-13H2,1-2H3. The summed E-state index contributed by atoms with van der Waals surface area (Å²) in [5.41, 5.74) is 1.47. The number of nitrogens with one attached hydrogen (secondary N) is 1. The Balaban J connectivity index is 1.91. The van der Waals surface area contributed by atoms with Crippen LogP contribution in [0.4, 0.5) is 0 Å². The van der Waals surface area contributed by atoms with Gasteiger partial charge < -0.3 is 5.32 Å². The van der Waals surface area contributed by atoms with Gasteiger partial charge in [0.2, 0.25) is 0 Å². The number of hydrogen-bond donors (Lipinski definition) is 1. The molecule has 1 aliphatic rings. The minimum Gasteiger partial charge on any atom is -0.312 e. The van der Waals surface area contributed by atoms with Crippen molar-refractivity contribution < 1.29 is 0 Å². The van der Waals surface area contributed by atoms with Crippen LogP contribution in [0.25, 0.3) is 0 Å². The molecule has 1 fully saturated rings. The molecule has 1 aromatic carbocycles. The first-order valence-corrected chi connectivity index (χ1v) is 8.59. The van der Waals surface area contributed by atoms with Gasteiger partial charge in [-0.25, -0.2) is 0 Å². The Morgan fingerprint density at radius 2 is 1.89 bits per heavy atom. The van der Waals surface area contributed by atoms with Crippen molar-refractivity contribution in [2.75, 3.05) is 6.54 Å². The quantitative estimate of drug-likeness (QED) is 0.797. The monoisotopic (exact) mass is 277 g/mol. The van der Waals surface area contributed by atoms with Crippen LogP contribution in [0, 0.1) is 5.92 Å². The van der Waals surface area contributed by atoms with Crippen LogP contribution in [-0.2, 0) is 6.54 Å². The van der Waals surface area contributed by atoms with E-state index in [1.807, 2.05) is 0 Å². The second-order valence-electron chi connectivity index (χ2n) is 6.01. The molecule has 1 saturated carbocycles. The topological polar surface area (TPSA) is 12.0 Å². The molecule has 1 aliphatic carbocycles. The van der Waals surface area contributed by atoms with E-state index in [2.05, 4.69) is 55.2 Å². The summed E-state index contributed by atoms with van der Waals surface area (Å²) >= 11 is 2.11. The second-order valence-corrected chi connectivity index (χ2v) is 7.35. The van der Waals surface area contributed by atoms with Gasteiger partial charge in [0.05, 0.1) is 0 Å². The van der Waals surface area contributed by atoms with Crippen molar-refractivity contribution in [2.24, 2.45) is 5.92 Å². The third kappa shape index (κ3) is 5.19. The van der Waals surface area contributed by atoms with Crippen LogP contribution >= 0.6 is 11.8 Å². The summed E-state index contributed by atoms with van der Waals surface area (Å²) in [6.45, 7) is 6.63. The van der Waals surface area contributed by atoms with Gasteiger partial charge in [-0.05, 0) is 36.9 Å². The maximum absolute atomic E-state index is 3.57. The molecule has 0 bridgehead atoms. The highest BCUT2D eigenvalue weighted by Gasteiger charge is 2.15. The van der Waals surface area contributed by atoms with Crippen LogP contribution in [0.2, 0.25) is 0 Å². The smallest absolute Gasteiger partial charge is 0.0216 e. The van der Waals surface area contributed by atoms with Gasteiger partial charge in [0.15, 0.2) is 0 Å².